The summed E-state index contributed by atoms with van der Waals surface area (Å²) >= 11 is 0.267. The molecule has 10 heteroatoms. The average Bonchev–Trinajstić information content (AvgIpc) is 2.73. The lowest BCUT2D eigenvalue weighted by molar-refractivity contribution is -0.151. The topological polar surface area (TPSA) is 37.8 Å². The maximum absolute atomic E-state index is 12.5. The molecule has 2 rings (SSSR count). The van der Waals surface area contributed by atoms with Crippen LogP contribution in [0.1, 0.15) is 18.7 Å². The van der Waals surface area contributed by atoms with Crippen LogP contribution in [0, 0.1) is 0 Å². The summed E-state index contributed by atoms with van der Waals surface area (Å²) in [6, 6.07) is 0. The van der Waals surface area contributed by atoms with Crippen LogP contribution in [0.5, 0.6) is 0 Å². The van der Waals surface area contributed by atoms with Crippen LogP contribution in [-0.2, 0) is 6.18 Å². The molecule has 1 heterocycles. The van der Waals surface area contributed by atoms with E-state index in [1.165, 1.54) is 0 Å². The second-order valence-corrected chi connectivity index (χ2v) is 4.38. The Morgan fingerprint density at radius 1 is 1.12 bits per heavy atom. The van der Waals surface area contributed by atoms with E-state index in [1.807, 2.05) is 5.32 Å². The molecule has 3 nitrogen and oxygen atoms in total. The first-order valence-electron chi connectivity index (χ1n) is 4.40. The largest absolute Gasteiger partial charge is 0.452 e. The smallest absolute Gasteiger partial charge is 0.346 e. The number of nitrogens with zero attached hydrogens (tertiary/aromatic N) is 2. The zero-order valence-electron chi connectivity index (χ0n) is 7.98. The normalized spacial score (nSPS) is 19.2. The van der Waals surface area contributed by atoms with E-state index in [2.05, 4.69) is 9.36 Å². The van der Waals surface area contributed by atoms with Crippen LogP contribution in [0.3, 0.4) is 0 Å². The molecule has 1 aromatic heterocycles. The van der Waals surface area contributed by atoms with Gasteiger partial charge in [0.15, 0.2) is 0 Å². The number of aromatic nitrogens is 2. The number of nitrogens with one attached hydrogen (secondary N) is 1. The van der Waals surface area contributed by atoms with Gasteiger partial charge in [-0.15, -0.1) is 0 Å². The maximum Gasteiger partial charge on any atom is 0.452 e. The molecule has 0 bridgehead atoms. The van der Waals surface area contributed by atoms with Crippen molar-refractivity contribution < 1.29 is 26.3 Å². The second-order valence-electron chi connectivity index (χ2n) is 3.63. The number of hydrogen-bond acceptors (Lipinski definition) is 4. The fraction of sp³-hybridized carbons (Fsp3) is 0.714. The van der Waals surface area contributed by atoms with Gasteiger partial charge in [-0.1, -0.05) is 0 Å². The van der Waals surface area contributed by atoms with Crippen LogP contribution in [-0.4, -0.2) is 21.1 Å². The zero-order chi connectivity index (χ0) is 12.9. The lowest BCUT2D eigenvalue weighted by atomic mass is 10.3. The minimum absolute atomic E-state index is 0.169. The zero-order valence-corrected chi connectivity index (χ0v) is 8.80. The van der Waals surface area contributed by atoms with Gasteiger partial charge in [-0.2, -0.15) is 35.7 Å². The Morgan fingerprint density at radius 3 is 2.06 bits per heavy atom. The van der Waals surface area contributed by atoms with Crippen molar-refractivity contribution in [2.24, 2.45) is 0 Å². The number of anilines is 1. The van der Waals surface area contributed by atoms with E-state index in [9.17, 15) is 26.3 Å². The third-order valence-electron chi connectivity index (χ3n) is 2.32. The molecule has 0 unspecified atom stereocenters. The lowest BCUT2D eigenvalue weighted by Gasteiger charge is -2.19. The molecule has 1 saturated carbocycles. The highest BCUT2D eigenvalue weighted by molar-refractivity contribution is 7.09. The van der Waals surface area contributed by atoms with Gasteiger partial charge in [0, 0.05) is 11.5 Å². The van der Waals surface area contributed by atoms with E-state index >= 15 is 0 Å². The predicted molar refractivity (Wildman–Crippen MR) is 46.6 cm³/mol. The van der Waals surface area contributed by atoms with E-state index in [0.717, 1.165) is 0 Å². The lowest BCUT2D eigenvalue weighted by Crippen LogP contribution is -2.38. The Hall–Kier alpha value is -1.06. The highest BCUT2D eigenvalue weighted by atomic mass is 32.1. The fourth-order valence-electron chi connectivity index (χ4n) is 1.20. The van der Waals surface area contributed by atoms with Crippen molar-refractivity contribution >= 4 is 16.7 Å². The fourth-order valence-corrected chi connectivity index (χ4v) is 1.88. The number of halogens is 6. The summed E-state index contributed by atoms with van der Waals surface area (Å²) < 4.78 is 76.8. The van der Waals surface area contributed by atoms with Gasteiger partial charge < -0.3 is 5.32 Å². The van der Waals surface area contributed by atoms with Gasteiger partial charge in [0.2, 0.25) is 11.0 Å². The van der Waals surface area contributed by atoms with E-state index in [4.69, 9.17) is 0 Å². The van der Waals surface area contributed by atoms with Crippen molar-refractivity contribution in [1.82, 2.24) is 9.36 Å². The number of rotatable bonds is 2. The minimum atomic E-state index is -4.74. The molecule has 0 saturated heterocycles. The number of alkyl halides is 6. The summed E-state index contributed by atoms with van der Waals surface area (Å²) in [5.41, 5.74) is -2.13. The molecule has 0 aromatic carbocycles. The van der Waals surface area contributed by atoms with Crippen molar-refractivity contribution in [3.8, 4) is 0 Å². The van der Waals surface area contributed by atoms with Gasteiger partial charge in [-0.05, 0) is 12.8 Å². The first-order chi connectivity index (χ1) is 7.64. The highest BCUT2D eigenvalue weighted by Crippen LogP contribution is 2.51. The quantitative estimate of drug-likeness (QED) is 0.844. The molecular weight excluding hydrogens is 272 g/mol. The van der Waals surface area contributed by atoms with Gasteiger partial charge in [-0.25, -0.2) is 0 Å². The summed E-state index contributed by atoms with van der Waals surface area (Å²) in [6.45, 7) is 0. The molecule has 96 valence electrons. The molecule has 1 aromatic rings. The second kappa shape index (κ2) is 3.47. The standard InChI is InChI=1S/C7H5F6N3S/c8-6(9,10)3-14-4(17-16-3)15-5(1-2-5)7(11,12)13/h1-2H2,(H,14,15,16). The van der Waals surface area contributed by atoms with Crippen molar-refractivity contribution in [2.75, 3.05) is 5.32 Å². The van der Waals surface area contributed by atoms with Gasteiger partial charge in [0.05, 0.1) is 0 Å². The van der Waals surface area contributed by atoms with E-state index in [-0.39, 0.29) is 24.4 Å². The molecule has 1 N–H and O–H groups in total. The molecular formula is C7H5F6N3S. The third-order valence-corrected chi connectivity index (χ3v) is 2.95. The van der Waals surface area contributed by atoms with Crippen LogP contribution < -0.4 is 5.32 Å². The summed E-state index contributed by atoms with van der Waals surface area (Å²) in [7, 11) is 0. The van der Waals surface area contributed by atoms with Crippen molar-refractivity contribution in [2.45, 2.75) is 30.7 Å². The minimum Gasteiger partial charge on any atom is -0.346 e. The van der Waals surface area contributed by atoms with E-state index in [1.54, 1.807) is 0 Å². The molecule has 1 fully saturated rings. The van der Waals surface area contributed by atoms with Crippen LogP contribution in [0.4, 0.5) is 31.5 Å². The SMILES string of the molecule is FC(F)(F)c1nsc(NC2(C(F)(F)F)CC2)n1. The molecule has 1 aliphatic carbocycles. The van der Waals surface area contributed by atoms with Gasteiger partial charge in [0.25, 0.3) is 0 Å². The van der Waals surface area contributed by atoms with Crippen molar-refractivity contribution in [3.63, 3.8) is 0 Å². The molecule has 0 spiro atoms. The average molecular weight is 277 g/mol. The Bertz CT molecular complexity index is 418. The van der Waals surface area contributed by atoms with Crippen molar-refractivity contribution in [1.29, 1.82) is 0 Å². The predicted octanol–water partition coefficient (Wildman–Crippen LogP) is 3.06. The maximum atomic E-state index is 12.5. The summed E-state index contributed by atoms with van der Waals surface area (Å²) in [4.78, 5) is 2.99. The number of hydrogen-bond donors (Lipinski definition) is 1. The molecule has 0 radical (unpaired) electrons. The Morgan fingerprint density at radius 2 is 1.71 bits per heavy atom. The molecule has 0 atom stereocenters. The molecule has 1 aliphatic rings. The third kappa shape index (κ3) is 2.31. The monoisotopic (exact) mass is 277 g/mol. The summed E-state index contributed by atoms with van der Waals surface area (Å²) in [5.74, 6) is -1.43. The Balaban J connectivity index is 2.13. The molecule has 0 aliphatic heterocycles. The Labute approximate surface area is 95.0 Å². The van der Waals surface area contributed by atoms with Crippen LogP contribution >= 0.6 is 11.5 Å². The van der Waals surface area contributed by atoms with E-state index in [0.29, 0.717) is 0 Å². The molecule has 0 amide bonds. The summed E-state index contributed by atoms with van der Waals surface area (Å²) in [6.07, 6.45) is -9.59. The first-order valence-corrected chi connectivity index (χ1v) is 5.17. The Kier molecular flexibility index (Phi) is 2.53. The summed E-state index contributed by atoms with van der Waals surface area (Å²) in [5, 5.41) is 1.52. The van der Waals surface area contributed by atoms with E-state index < -0.39 is 28.8 Å². The van der Waals surface area contributed by atoms with Gasteiger partial charge in [-0.3, -0.25) is 0 Å². The van der Waals surface area contributed by atoms with Crippen LogP contribution in [0.25, 0.3) is 0 Å². The van der Waals surface area contributed by atoms with Crippen LogP contribution in [0.15, 0.2) is 0 Å². The van der Waals surface area contributed by atoms with Crippen LogP contribution in [0.2, 0.25) is 0 Å². The highest BCUT2D eigenvalue weighted by Gasteiger charge is 2.64. The molecule has 17 heavy (non-hydrogen) atoms. The van der Waals surface area contributed by atoms with Gasteiger partial charge in [0.1, 0.15) is 5.54 Å². The first kappa shape index (κ1) is 12.4. The van der Waals surface area contributed by atoms with Gasteiger partial charge >= 0.3 is 12.4 Å². The van der Waals surface area contributed by atoms with Crippen molar-refractivity contribution in [3.05, 3.63) is 5.82 Å².